The minimum atomic E-state index is -0.306. The van der Waals surface area contributed by atoms with Crippen molar-refractivity contribution in [1.82, 2.24) is 0 Å². The Morgan fingerprint density at radius 1 is 0.960 bits per heavy atom. The van der Waals surface area contributed by atoms with Gasteiger partial charge in [0.15, 0.2) is 0 Å². The summed E-state index contributed by atoms with van der Waals surface area (Å²) in [6.45, 7) is 4.32. The molecule has 2 aromatic carbocycles. The van der Waals surface area contributed by atoms with Gasteiger partial charge in [-0.3, -0.25) is 0 Å². The average Bonchev–Trinajstić information content (AvgIpc) is 2.96. The molecule has 3 heteroatoms. The Kier molecular flexibility index (Phi) is 4.75. The first-order chi connectivity index (χ1) is 11.9. The molecule has 0 atom stereocenters. The second-order valence-corrected chi connectivity index (χ2v) is 6.76. The maximum absolute atomic E-state index is 12.2. The Hall–Kier alpha value is -2.81. The van der Waals surface area contributed by atoms with Crippen molar-refractivity contribution in [2.24, 2.45) is 0 Å². The maximum atomic E-state index is 12.2. The lowest BCUT2D eigenvalue weighted by Crippen LogP contribution is -2.07. The van der Waals surface area contributed by atoms with Crippen molar-refractivity contribution in [3.8, 4) is 0 Å². The summed E-state index contributed by atoms with van der Waals surface area (Å²) >= 11 is 0. The number of rotatable bonds is 4. The number of hydrogen-bond donors (Lipinski definition) is 0. The molecule has 25 heavy (non-hydrogen) atoms. The first-order valence-corrected chi connectivity index (χ1v) is 8.47. The van der Waals surface area contributed by atoms with Crippen LogP contribution in [0.4, 0.5) is 5.69 Å². The molecule has 0 spiro atoms. The Morgan fingerprint density at radius 3 is 2.16 bits per heavy atom. The van der Waals surface area contributed by atoms with Gasteiger partial charge in [-0.2, -0.15) is 0 Å². The highest BCUT2D eigenvalue weighted by Crippen LogP contribution is 2.28. The first-order valence-electron chi connectivity index (χ1n) is 8.47. The summed E-state index contributed by atoms with van der Waals surface area (Å²) < 4.78 is 5.44. The quantitative estimate of drug-likeness (QED) is 0.591. The van der Waals surface area contributed by atoms with E-state index in [1.54, 1.807) is 0 Å². The normalized spacial score (nSPS) is 15.5. The molecule has 0 bridgehead atoms. The highest BCUT2D eigenvalue weighted by Gasteiger charge is 2.22. The fourth-order valence-electron chi connectivity index (χ4n) is 2.71. The van der Waals surface area contributed by atoms with Crippen LogP contribution in [0.5, 0.6) is 0 Å². The SMILES string of the molecule is CC(C)c1ccc(C2=C/C(=C/c3ccc(N(C)C)cc3)C(=O)O2)cc1. The van der Waals surface area contributed by atoms with Crippen molar-refractivity contribution in [2.45, 2.75) is 19.8 Å². The van der Waals surface area contributed by atoms with Crippen LogP contribution in [0.3, 0.4) is 0 Å². The Labute approximate surface area is 149 Å². The van der Waals surface area contributed by atoms with Gasteiger partial charge in [-0.15, -0.1) is 0 Å². The third-order valence-electron chi connectivity index (χ3n) is 4.32. The molecule has 1 aliphatic heterocycles. The number of nitrogens with zero attached hydrogens (tertiary/aromatic N) is 1. The number of esters is 1. The molecule has 0 radical (unpaired) electrons. The van der Waals surface area contributed by atoms with E-state index in [2.05, 4.69) is 26.0 Å². The summed E-state index contributed by atoms with van der Waals surface area (Å²) in [4.78, 5) is 14.2. The van der Waals surface area contributed by atoms with Crippen LogP contribution in [0, 0.1) is 0 Å². The van der Waals surface area contributed by atoms with Gasteiger partial charge in [0.05, 0.1) is 5.57 Å². The molecular weight excluding hydrogens is 310 g/mol. The number of anilines is 1. The van der Waals surface area contributed by atoms with Crippen LogP contribution in [0.25, 0.3) is 11.8 Å². The van der Waals surface area contributed by atoms with E-state index in [1.165, 1.54) is 5.56 Å². The summed E-state index contributed by atoms with van der Waals surface area (Å²) in [7, 11) is 4.00. The zero-order valence-corrected chi connectivity index (χ0v) is 15.1. The van der Waals surface area contributed by atoms with Crippen molar-refractivity contribution < 1.29 is 9.53 Å². The van der Waals surface area contributed by atoms with Crippen molar-refractivity contribution >= 4 is 23.5 Å². The van der Waals surface area contributed by atoms with Crippen LogP contribution < -0.4 is 4.90 Å². The minimum absolute atomic E-state index is 0.306. The van der Waals surface area contributed by atoms with Crippen LogP contribution in [0.15, 0.2) is 60.2 Å². The summed E-state index contributed by atoms with van der Waals surface area (Å²) in [5.41, 5.74) is 4.86. The molecule has 0 saturated carbocycles. The van der Waals surface area contributed by atoms with Gasteiger partial charge in [0.2, 0.25) is 0 Å². The number of ether oxygens (including phenoxy) is 1. The number of carbonyl (C=O) groups excluding carboxylic acids is 1. The zero-order chi connectivity index (χ0) is 18.0. The molecule has 3 nitrogen and oxygen atoms in total. The smallest absolute Gasteiger partial charge is 0.343 e. The lowest BCUT2D eigenvalue weighted by atomic mass is 10.0. The minimum Gasteiger partial charge on any atom is -0.422 e. The molecule has 2 aromatic rings. The number of hydrogen-bond acceptors (Lipinski definition) is 3. The molecule has 0 aromatic heterocycles. The number of benzene rings is 2. The predicted molar refractivity (Wildman–Crippen MR) is 103 cm³/mol. The Bertz CT molecular complexity index is 825. The molecule has 0 amide bonds. The molecular formula is C22H23NO2. The summed E-state index contributed by atoms with van der Waals surface area (Å²) in [6.07, 6.45) is 3.67. The monoisotopic (exact) mass is 333 g/mol. The van der Waals surface area contributed by atoms with Crippen LogP contribution in [-0.2, 0) is 9.53 Å². The number of cyclic esters (lactones) is 1. The topological polar surface area (TPSA) is 29.5 Å². The van der Waals surface area contributed by atoms with Gasteiger partial charge in [-0.25, -0.2) is 4.79 Å². The molecule has 1 aliphatic rings. The molecule has 0 N–H and O–H groups in total. The van der Waals surface area contributed by atoms with E-state index in [1.807, 2.05) is 67.5 Å². The molecule has 0 saturated heterocycles. The molecule has 128 valence electrons. The van der Waals surface area contributed by atoms with Crippen molar-refractivity contribution in [3.05, 3.63) is 76.9 Å². The fraction of sp³-hybridized carbons (Fsp3) is 0.227. The Morgan fingerprint density at radius 2 is 1.60 bits per heavy atom. The maximum Gasteiger partial charge on any atom is 0.343 e. The van der Waals surface area contributed by atoms with E-state index < -0.39 is 0 Å². The van der Waals surface area contributed by atoms with E-state index in [0.717, 1.165) is 16.8 Å². The second kappa shape index (κ2) is 6.98. The number of carbonyl (C=O) groups is 1. The lowest BCUT2D eigenvalue weighted by Gasteiger charge is -2.11. The van der Waals surface area contributed by atoms with Gasteiger partial charge >= 0.3 is 5.97 Å². The van der Waals surface area contributed by atoms with Crippen LogP contribution in [0.1, 0.15) is 36.5 Å². The van der Waals surface area contributed by atoms with E-state index in [4.69, 9.17) is 4.74 Å². The van der Waals surface area contributed by atoms with Crippen LogP contribution >= 0.6 is 0 Å². The van der Waals surface area contributed by atoms with Gasteiger partial charge in [-0.05, 0) is 41.3 Å². The third-order valence-corrected chi connectivity index (χ3v) is 4.32. The van der Waals surface area contributed by atoms with Crippen molar-refractivity contribution in [3.63, 3.8) is 0 Å². The van der Waals surface area contributed by atoms with Gasteiger partial charge in [0.1, 0.15) is 5.76 Å². The van der Waals surface area contributed by atoms with Gasteiger partial charge in [0, 0.05) is 25.3 Å². The molecule has 0 fully saturated rings. The summed E-state index contributed by atoms with van der Waals surface area (Å²) in [6, 6.07) is 16.2. The average molecular weight is 333 g/mol. The van der Waals surface area contributed by atoms with Gasteiger partial charge in [0.25, 0.3) is 0 Å². The van der Waals surface area contributed by atoms with Crippen molar-refractivity contribution in [1.29, 1.82) is 0 Å². The van der Waals surface area contributed by atoms with Crippen LogP contribution in [-0.4, -0.2) is 20.1 Å². The molecule has 0 aliphatic carbocycles. The Balaban J connectivity index is 1.84. The first kappa shape index (κ1) is 17.0. The molecule has 3 rings (SSSR count). The van der Waals surface area contributed by atoms with Gasteiger partial charge in [-0.1, -0.05) is 50.2 Å². The van der Waals surface area contributed by atoms with Crippen LogP contribution in [0.2, 0.25) is 0 Å². The fourth-order valence-corrected chi connectivity index (χ4v) is 2.71. The zero-order valence-electron chi connectivity index (χ0n) is 15.1. The van der Waals surface area contributed by atoms with E-state index in [0.29, 0.717) is 17.3 Å². The highest BCUT2D eigenvalue weighted by atomic mass is 16.5. The molecule has 0 unspecified atom stereocenters. The standard InChI is InChI=1S/C22H23NO2/c1-15(2)17-7-9-18(10-8-17)21-14-19(22(24)25-21)13-16-5-11-20(12-6-16)23(3)4/h5-15H,1-4H3/b19-13-. The van der Waals surface area contributed by atoms with E-state index in [-0.39, 0.29) is 5.97 Å². The van der Waals surface area contributed by atoms with Gasteiger partial charge < -0.3 is 9.64 Å². The lowest BCUT2D eigenvalue weighted by molar-refractivity contribution is -0.130. The third kappa shape index (κ3) is 3.82. The predicted octanol–water partition coefficient (Wildman–Crippen LogP) is 4.86. The molecule has 1 heterocycles. The summed E-state index contributed by atoms with van der Waals surface area (Å²) in [5, 5.41) is 0. The largest absolute Gasteiger partial charge is 0.422 e. The van der Waals surface area contributed by atoms with E-state index >= 15 is 0 Å². The summed E-state index contributed by atoms with van der Waals surface area (Å²) in [5.74, 6) is 0.783. The highest BCUT2D eigenvalue weighted by molar-refractivity contribution is 6.05. The van der Waals surface area contributed by atoms with E-state index in [9.17, 15) is 4.79 Å². The second-order valence-electron chi connectivity index (χ2n) is 6.76. The van der Waals surface area contributed by atoms with Crippen molar-refractivity contribution in [2.75, 3.05) is 19.0 Å².